The quantitative estimate of drug-likeness (QED) is 0.761. The van der Waals surface area contributed by atoms with Crippen molar-refractivity contribution in [2.75, 3.05) is 18.0 Å². The lowest BCUT2D eigenvalue weighted by atomic mass is 10.0. The van der Waals surface area contributed by atoms with Gasteiger partial charge in [-0.1, -0.05) is 0 Å². The summed E-state index contributed by atoms with van der Waals surface area (Å²) in [7, 11) is 0. The number of rotatable bonds is 2. The van der Waals surface area contributed by atoms with E-state index in [4.69, 9.17) is 4.74 Å². The molecule has 1 saturated heterocycles. The summed E-state index contributed by atoms with van der Waals surface area (Å²) in [5.41, 5.74) is 0.656. The number of aromatic nitrogens is 1. The minimum absolute atomic E-state index is 0.158. The van der Waals surface area contributed by atoms with E-state index in [1.54, 1.807) is 12.4 Å². The zero-order chi connectivity index (χ0) is 16.3. The summed E-state index contributed by atoms with van der Waals surface area (Å²) in [6, 6.07) is 0.158. The Morgan fingerprint density at radius 2 is 1.82 bits per heavy atom. The Morgan fingerprint density at radius 3 is 2.32 bits per heavy atom. The molecule has 0 atom stereocenters. The van der Waals surface area contributed by atoms with E-state index in [2.05, 4.69) is 47.1 Å². The van der Waals surface area contributed by atoms with Crippen LogP contribution in [0, 0.1) is 0 Å². The van der Waals surface area contributed by atoms with Gasteiger partial charge in [0.15, 0.2) is 0 Å². The second kappa shape index (κ2) is 7.17. The second-order valence-corrected chi connectivity index (χ2v) is 8.07. The average Bonchev–Trinajstić information content (AvgIpc) is 2.38. The van der Waals surface area contributed by atoms with Crippen LogP contribution in [0.25, 0.3) is 0 Å². The van der Waals surface area contributed by atoms with Crippen LogP contribution < -0.4 is 10.2 Å². The molecule has 0 saturated carbocycles. The van der Waals surface area contributed by atoms with Crippen molar-refractivity contribution in [3.05, 3.63) is 21.3 Å². The molecule has 7 heteroatoms. The van der Waals surface area contributed by atoms with Gasteiger partial charge in [-0.3, -0.25) is 4.98 Å². The molecule has 1 aliphatic heterocycles. The van der Waals surface area contributed by atoms with Crippen molar-refractivity contribution >= 4 is 43.6 Å². The number of alkyl carbamates (subject to hydrolysis) is 1. The van der Waals surface area contributed by atoms with Crippen molar-refractivity contribution in [2.45, 2.75) is 45.3 Å². The summed E-state index contributed by atoms with van der Waals surface area (Å²) >= 11 is 7.09. The standard InChI is InChI=1S/C15H21Br2N3O2/c1-15(2,3)22-14(21)19-10-4-6-20(7-5-10)13-11(16)8-18-9-12(13)17/h8-10H,4-7H2,1-3H3,(H,19,21). The summed E-state index contributed by atoms with van der Waals surface area (Å²) in [6.07, 6.45) is 5.04. The van der Waals surface area contributed by atoms with E-state index < -0.39 is 5.60 Å². The Kier molecular flexibility index (Phi) is 5.71. The molecule has 0 unspecified atom stereocenters. The fourth-order valence-corrected chi connectivity index (χ4v) is 3.86. The van der Waals surface area contributed by atoms with Crippen LogP contribution in [0.3, 0.4) is 0 Å². The van der Waals surface area contributed by atoms with Gasteiger partial charge >= 0.3 is 6.09 Å². The number of carbonyl (C=O) groups is 1. The third kappa shape index (κ3) is 4.84. The first-order valence-electron chi connectivity index (χ1n) is 7.30. The number of amides is 1. The Bertz CT molecular complexity index is 518. The average molecular weight is 435 g/mol. The highest BCUT2D eigenvalue weighted by atomic mass is 79.9. The first-order chi connectivity index (χ1) is 10.3. The number of anilines is 1. The molecule has 1 aromatic rings. The van der Waals surface area contributed by atoms with E-state index in [-0.39, 0.29) is 12.1 Å². The maximum absolute atomic E-state index is 11.8. The van der Waals surface area contributed by atoms with Gasteiger partial charge in [0.25, 0.3) is 0 Å². The van der Waals surface area contributed by atoms with E-state index >= 15 is 0 Å². The van der Waals surface area contributed by atoms with Crippen LogP contribution in [0.15, 0.2) is 21.3 Å². The van der Waals surface area contributed by atoms with E-state index in [0.717, 1.165) is 40.6 Å². The molecule has 1 aromatic heterocycles. The van der Waals surface area contributed by atoms with E-state index in [1.165, 1.54) is 0 Å². The van der Waals surface area contributed by atoms with Crippen molar-refractivity contribution in [3.63, 3.8) is 0 Å². The Morgan fingerprint density at radius 1 is 1.27 bits per heavy atom. The van der Waals surface area contributed by atoms with Gasteiger partial charge in [-0.15, -0.1) is 0 Å². The fourth-order valence-electron chi connectivity index (χ4n) is 2.43. The number of nitrogens with zero attached hydrogens (tertiary/aromatic N) is 2. The Labute approximate surface area is 148 Å². The first-order valence-corrected chi connectivity index (χ1v) is 8.88. The van der Waals surface area contributed by atoms with Crippen LogP contribution in [-0.4, -0.2) is 35.8 Å². The molecule has 0 aliphatic carbocycles. The Balaban J connectivity index is 1.90. The van der Waals surface area contributed by atoms with Crippen LogP contribution in [0.4, 0.5) is 10.5 Å². The van der Waals surface area contributed by atoms with Crippen LogP contribution in [0.2, 0.25) is 0 Å². The van der Waals surface area contributed by atoms with E-state index in [0.29, 0.717) is 0 Å². The van der Waals surface area contributed by atoms with Crippen molar-refractivity contribution in [3.8, 4) is 0 Å². The molecule has 2 heterocycles. The molecule has 5 nitrogen and oxygen atoms in total. The lowest BCUT2D eigenvalue weighted by Crippen LogP contribution is -2.46. The maximum Gasteiger partial charge on any atom is 0.407 e. The van der Waals surface area contributed by atoms with Gasteiger partial charge < -0.3 is 15.0 Å². The largest absolute Gasteiger partial charge is 0.444 e. The van der Waals surface area contributed by atoms with Crippen LogP contribution in [-0.2, 0) is 4.74 Å². The zero-order valence-electron chi connectivity index (χ0n) is 13.0. The Hall–Kier alpha value is -0.820. The van der Waals surface area contributed by atoms with Gasteiger partial charge in [0.05, 0.1) is 14.6 Å². The highest BCUT2D eigenvalue weighted by molar-refractivity contribution is 9.11. The zero-order valence-corrected chi connectivity index (χ0v) is 16.2. The van der Waals surface area contributed by atoms with Gasteiger partial charge in [0.2, 0.25) is 0 Å². The van der Waals surface area contributed by atoms with Crippen LogP contribution >= 0.6 is 31.9 Å². The number of nitrogens with one attached hydrogen (secondary N) is 1. The summed E-state index contributed by atoms with van der Waals surface area (Å²) in [6.45, 7) is 7.36. The number of carbonyl (C=O) groups excluding carboxylic acids is 1. The molecule has 122 valence electrons. The third-order valence-electron chi connectivity index (χ3n) is 3.36. The van der Waals surface area contributed by atoms with Gasteiger partial charge in [0.1, 0.15) is 5.60 Å². The topological polar surface area (TPSA) is 54.5 Å². The highest BCUT2D eigenvalue weighted by Crippen LogP contribution is 2.34. The van der Waals surface area contributed by atoms with Crippen molar-refractivity contribution in [2.24, 2.45) is 0 Å². The van der Waals surface area contributed by atoms with Gasteiger partial charge in [0, 0.05) is 31.5 Å². The summed E-state index contributed by atoms with van der Waals surface area (Å²) in [5.74, 6) is 0. The first kappa shape index (κ1) is 17.5. The van der Waals surface area contributed by atoms with Gasteiger partial charge in [-0.05, 0) is 65.5 Å². The smallest absolute Gasteiger partial charge is 0.407 e. The number of piperidine rings is 1. The minimum atomic E-state index is -0.461. The van der Waals surface area contributed by atoms with Crippen molar-refractivity contribution in [1.82, 2.24) is 10.3 Å². The molecule has 1 amide bonds. The number of ether oxygens (including phenoxy) is 1. The third-order valence-corrected chi connectivity index (χ3v) is 4.52. The summed E-state index contributed by atoms with van der Waals surface area (Å²) in [4.78, 5) is 18.2. The second-order valence-electron chi connectivity index (χ2n) is 6.36. The molecule has 1 aliphatic rings. The number of pyridine rings is 1. The molecular formula is C15H21Br2N3O2. The lowest BCUT2D eigenvalue weighted by molar-refractivity contribution is 0.0497. The number of hydrogen-bond donors (Lipinski definition) is 1. The monoisotopic (exact) mass is 433 g/mol. The fraction of sp³-hybridized carbons (Fsp3) is 0.600. The summed E-state index contributed by atoms with van der Waals surface area (Å²) < 4.78 is 7.25. The molecule has 1 fully saturated rings. The van der Waals surface area contributed by atoms with Crippen LogP contribution in [0.5, 0.6) is 0 Å². The van der Waals surface area contributed by atoms with E-state index in [9.17, 15) is 4.79 Å². The molecule has 0 bridgehead atoms. The van der Waals surface area contributed by atoms with Crippen molar-refractivity contribution in [1.29, 1.82) is 0 Å². The number of hydrogen-bond acceptors (Lipinski definition) is 4. The molecule has 22 heavy (non-hydrogen) atoms. The molecular weight excluding hydrogens is 414 g/mol. The number of halogens is 2. The van der Waals surface area contributed by atoms with Crippen LogP contribution in [0.1, 0.15) is 33.6 Å². The predicted molar refractivity (Wildman–Crippen MR) is 94.2 cm³/mol. The summed E-state index contributed by atoms with van der Waals surface area (Å²) in [5, 5.41) is 2.95. The minimum Gasteiger partial charge on any atom is -0.444 e. The van der Waals surface area contributed by atoms with E-state index in [1.807, 2.05) is 20.8 Å². The highest BCUT2D eigenvalue weighted by Gasteiger charge is 2.25. The maximum atomic E-state index is 11.8. The van der Waals surface area contributed by atoms with Gasteiger partial charge in [-0.2, -0.15) is 0 Å². The molecule has 0 spiro atoms. The molecule has 1 N–H and O–H groups in total. The SMILES string of the molecule is CC(C)(C)OC(=O)NC1CCN(c2c(Br)cncc2Br)CC1. The molecule has 2 rings (SSSR count). The van der Waals surface area contributed by atoms with Crippen molar-refractivity contribution < 1.29 is 9.53 Å². The lowest BCUT2D eigenvalue weighted by Gasteiger charge is -2.35. The molecule has 0 aromatic carbocycles. The normalized spacial score (nSPS) is 16.5. The predicted octanol–water partition coefficient (Wildman–Crippen LogP) is 4.10. The van der Waals surface area contributed by atoms with Gasteiger partial charge in [-0.25, -0.2) is 4.79 Å². The molecule has 0 radical (unpaired) electrons.